The number of hydrogen-bond donors (Lipinski definition) is 3. The van der Waals surface area contributed by atoms with Crippen LogP contribution >= 0.6 is 0 Å². The van der Waals surface area contributed by atoms with Crippen LogP contribution in [0.1, 0.15) is 28.9 Å². The maximum Gasteiger partial charge on any atom is 0.339 e. The standard InChI is InChI=1S/C16H19N3O3/c1-9-13(16(20)21)15(17)14-11(19-9)5-2-6-12(14)22-8-10-4-3-7-18-10/h2,5-6,10,18H,3-4,7-8H2,1H3,(H2,17,19)(H,20,21). The van der Waals surface area contributed by atoms with Crippen LogP contribution in [0.5, 0.6) is 5.75 Å². The lowest BCUT2D eigenvalue weighted by Crippen LogP contribution is -2.28. The highest BCUT2D eigenvalue weighted by atomic mass is 16.5. The van der Waals surface area contributed by atoms with Gasteiger partial charge in [0, 0.05) is 6.04 Å². The normalized spacial score (nSPS) is 17.8. The number of carbonyl (C=O) groups is 1. The molecule has 1 aliphatic heterocycles. The van der Waals surface area contributed by atoms with Gasteiger partial charge in [-0.05, 0) is 38.4 Å². The number of pyridine rings is 1. The molecule has 0 amide bonds. The highest BCUT2D eigenvalue weighted by Crippen LogP contribution is 2.33. The van der Waals surface area contributed by atoms with E-state index in [4.69, 9.17) is 10.5 Å². The Kier molecular flexibility index (Phi) is 3.85. The van der Waals surface area contributed by atoms with Crippen molar-refractivity contribution in [2.24, 2.45) is 0 Å². The first kappa shape index (κ1) is 14.6. The molecule has 0 bridgehead atoms. The number of nitrogens with zero attached hydrogens (tertiary/aromatic N) is 1. The maximum atomic E-state index is 11.4. The minimum atomic E-state index is -1.07. The molecule has 1 unspecified atom stereocenters. The monoisotopic (exact) mass is 301 g/mol. The average Bonchev–Trinajstić information content (AvgIpc) is 2.97. The SMILES string of the molecule is Cc1nc2cccc(OCC3CCCN3)c2c(N)c1C(=O)O. The summed E-state index contributed by atoms with van der Waals surface area (Å²) in [6.45, 7) is 3.19. The van der Waals surface area contributed by atoms with Gasteiger partial charge in [-0.25, -0.2) is 4.79 Å². The molecule has 1 aliphatic rings. The van der Waals surface area contributed by atoms with Crippen molar-refractivity contribution in [2.45, 2.75) is 25.8 Å². The minimum Gasteiger partial charge on any atom is -0.491 e. The molecule has 3 rings (SSSR count). The van der Waals surface area contributed by atoms with E-state index in [2.05, 4.69) is 10.3 Å². The highest BCUT2D eigenvalue weighted by molar-refractivity contribution is 6.06. The van der Waals surface area contributed by atoms with Gasteiger partial charge in [-0.15, -0.1) is 0 Å². The molecule has 2 heterocycles. The number of carboxylic acids is 1. The molecule has 116 valence electrons. The number of nitrogens with two attached hydrogens (primary N) is 1. The fourth-order valence-electron chi connectivity index (χ4n) is 2.92. The molecule has 2 aromatic rings. The number of carboxylic acid groups (broad SMARTS) is 1. The number of anilines is 1. The number of nitrogens with one attached hydrogen (secondary N) is 1. The molecule has 4 N–H and O–H groups in total. The Bertz CT molecular complexity index is 724. The van der Waals surface area contributed by atoms with Gasteiger partial charge in [0.1, 0.15) is 17.9 Å². The van der Waals surface area contributed by atoms with Gasteiger partial charge in [-0.3, -0.25) is 4.98 Å². The van der Waals surface area contributed by atoms with Gasteiger partial charge in [0.15, 0.2) is 0 Å². The minimum absolute atomic E-state index is 0.0440. The van der Waals surface area contributed by atoms with Crippen LogP contribution in [0.15, 0.2) is 18.2 Å². The third-order valence-corrected chi connectivity index (χ3v) is 4.01. The molecule has 1 aromatic carbocycles. The number of rotatable bonds is 4. The molecular weight excluding hydrogens is 282 g/mol. The first-order valence-electron chi connectivity index (χ1n) is 7.36. The Hall–Kier alpha value is -2.34. The summed E-state index contributed by atoms with van der Waals surface area (Å²) in [5.74, 6) is -0.490. The van der Waals surface area contributed by atoms with Gasteiger partial charge in [0.25, 0.3) is 0 Å². The van der Waals surface area contributed by atoms with Crippen molar-refractivity contribution in [1.29, 1.82) is 0 Å². The van der Waals surface area contributed by atoms with Crippen LogP contribution < -0.4 is 15.8 Å². The summed E-state index contributed by atoms with van der Waals surface area (Å²) in [5.41, 5.74) is 7.41. The zero-order valence-electron chi connectivity index (χ0n) is 12.4. The number of aromatic carboxylic acids is 1. The highest BCUT2D eigenvalue weighted by Gasteiger charge is 2.20. The Morgan fingerprint density at radius 1 is 1.55 bits per heavy atom. The van der Waals surface area contributed by atoms with E-state index < -0.39 is 5.97 Å². The van der Waals surface area contributed by atoms with Crippen LogP contribution in [-0.4, -0.2) is 35.3 Å². The van der Waals surface area contributed by atoms with E-state index >= 15 is 0 Å². The van der Waals surface area contributed by atoms with Crippen molar-refractivity contribution in [2.75, 3.05) is 18.9 Å². The van der Waals surface area contributed by atoms with Crippen molar-refractivity contribution in [3.63, 3.8) is 0 Å². The predicted molar refractivity (Wildman–Crippen MR) is 84.4 cm³/mol. The van der Waals surface area contributed by atoms with Crippen LogP contribution in [0.2, 0.25) is 0 Å². The summed E-state index contributed by atoms with van der Waals surface area (Å²) in [4.78, 5) is 15.7. The van der Waals surface area contributed by atoms with Gasteiger partial charge in [0.2, 0.25) is 0 Å². The Balaban J connectivity index is 2.02. The lowest BCUT2D eigenvalue weighted by atomic mass is 10.1. The van der Waals surface area contributed by atoms with E-state index in [0.717, 1.165) is 19.4 Å². The summed E-state index contributed by atoms with van der Waals surface area (Å²) >= 11 is 0. The molecule has 0 spiro atoms. The van der Waals surface area contributed by atoms with Gasteiger partial charge in [0.05, 0.1) is 22.3 Å². The molecule has 1 aromatic heterocycles. The molecule has 6 nitrogen and oxygen atoms in total. The molecule has 1 atom stereocenters. The Labute approximate surface area is 128 Å². The lowest BCUT2D eigenvalue weighted by molar-refractivity contribution is 0.0697. The number of benzene rings is 1. The van der Waals surface area contributed by atoms with Crippen molar-refractivity contribution in [3.8, 4) is 5.75 Å². The number of nitrogen functional groups attached to an aromatic ring is 1. The second-order valence-electron chi connectivity index (χ2n) is 5.55. The van der Waals surface area contributed by atoms with Crippen molar-refractivity contribution >= 4 is 22.6 Å². The molecule has 1 fully saturated rings. The molecule has 0 saturated carbocycles. The van der Waals surface area contributed by atoms with Gasteiger partial charge in [-0.2, -0.15) is 0 Å². The van der Waals surface area contributed by atoms with Crippen LogP contribution in [-0.2, 0) is 0 Å². The number of hydrogen-bond acceptors (Lipinski definition) is 5. The average molecular weight is 301 g/mol. The van der Waals surface area contributed by atoms with E-state index in [0.29, 0.717) is 35.0 Å². The van der Waals surface area contributed by atoms with Crippen molar-refractivity contribution in [1.82, 2.24) is 10.3 Å². The quantitative estimate of drug-likeness (QED) is 0.798. The van der Waals surface area contributed by atoms with E-state index in [1.807, 2.05) is 12.1 Å². The summed E-state index contributed by atoms with van der Waals surface area (Å²) in [7, 11) is 0. The number of ether oxygens (including phenoxy) is 1. The molecule has 1 saturated heterocycles. The second kappa shape index (κ2) is 5.81. The van der Waals surface area contributed by atoms with Crippen LogP contribution in [0.3, 0.4) is 0 Å². The third-order valence-electron chi connectivity index (χ3n) is 4.01. The maximum absolute atomic E-state index is 11.4. The van der Waals surface area contributed by atoms with Gasteiger partial charge in [-0.1, -0.05) is 6.07 Å². The summed E-state index contributed by atoms with van der Waals surface area (Å²) in [6, 6.07) is 5.78. The van der Waals surface area contributed by atoms with E-state index in [9.17, 15) is 9.90 Å². The Morgan fingerprint density at radius 2 is 2.36 bits per heavy atom. The van der Waals surface area contributed by atoms with Gasteiger partial charge < -0.3 is 20.9 Å². The van der Waals surface area contributed by atoms with Crippen LogP contribution in [0, 0.1) is 6.92 Å². The van der Waals surface area contributed by atoms with E-state index in [-0.39, 0.29) is 11.3 Å². The number of aryl methyl sites for hydroxylation is 1. The lowest BCUT2D eigenvalue weighted by Gasteiger charge is -2.16. The van der Waals surface area contributed by atoms with Crippen molar-refractivity contribution < 1.29 is 14.6 Å². The number of fused-ring (bicyclic) bond motifs is 1. The Morgan fingerprint density at radius 3 is 3.05 bits per heavy atom. The van der Waals surface area contributed by atoms with E-state index in [1.165, 1.54) is 0 Å². The fourth-order valence-corrected chi connectivity index (χ4v) is 2.92. The molecule has 22 heavy (non-hydrogen) atoms. The topological polar surface area (TPSA) is 97.5 Å². The first-order chi connectivity index (χ1) is 10.6. The van der Waals surface area contributed by atoms with Crippen molar-refractivity contribution in [3.05, 3.63) is 29.5 Å². The smallest absolute Gasteiger partial charge is 0.339 e. The predicted octanol–water partition coefficient (Wildman–Crippen LogP) is 1.95. The second-order valence-corrected chi connectivity index (χ2v) is 5.55. The molecular formula is C16H19N3O3. The van der Waals surface area contributed by atoms with Crippen LogP contribution in [0.25, 0.3) is 10.9 Å². The van der Waals surface area contributed by atoms with Crippen LogP contribution in [0.4, 0.5) is 5.69 Å². The zero-order chi connectivity index (χ0) is 15.7. The number of aromatic nitrogens is 1. The fraction of sp³-hybridized carbons (Fsp3) is 0.375. The van der Waals surface area contributed by atoms with Gasteiger partial charge >= 0.3 is 5.97 Å². The third kappa shape index (κ3) is 2.57. The molecule has 0 aliphatic carbocycles. The largest absolute Gasteiger partial charge is 0.491 e. The summed E-state index contributed by atoms with van der Waals surface area (Å²) in [6.07, 6.45) is 2.23. The zero-order valence-corrected chi connectivity index (χ0v) is 12.4. The summed E-state index contributed by atoms with van der Waals surface area (Å²) in [5, 5.41) is 13.3. The van der Waals surface area contributed by atoms with E-state index in [1.54, 1.807) is 13.0 Å². The molecule has 6 heteroatoms. The summed E-state index contributed by atoms with van der Waals surface area (Å²) < 4.78 is 5.88. The molecule has 0 radical (unpaired) electrons. The first-order valence-corrected chi connectivity index (χ1v) is 7.36.